The molecule has 6 atom stereocenters. The van der Waals surface area contributed by atoms with Crippen molar-refractivity contribution in [2.45, 2.75) is 6.42 Å². The SMILES string of the molecule is N#Cc1ccccc1N1C(=O)[C@@H]2[C@H]3C=C[C@@H]([C@@H]4C[C@H]34)[C@@H]2C1=O. The van der Waals surface area contributed by atoms with Crippen molar-refractivity contribution in [1.82, 2.24) is 0 Å². The van der Waals surface area contributed by atoms with Crippen LogP contribution in [0.3, 0.4) is 0 Å². The third-order valence-electron chi connectivity index (χ3n) is 5.93. The molecule has 1 aromatic rings. The second-order valence-electron chi connectivity index (χ2n) is 6.80. The number of para-hydroxylation sites is 1. The third-order valence-corrected chi connectivity index (χ3v) is 5.93. The molecule has 6 rings (SSSR count). The van der Waals surface area contributed by atoms with Crippen LogP contribution in [0.5, 0.6) is 0 Å². The molecule has 1 saturated heterocycles. The van der Waals surface area contributed by atoms with Gasteiger partial charge in [-0.05, 0) is 42.2 Å². The Labute approximate surface area is 128 Å². The van der Waals surface area contributed by atoms with Crippen molar-refractivity contribution in [3.63, 3.8) is 0 Å². The summed E-state index contributed by atoms with van der Waals surface area (Å²) in [6.07, 6.45) is 5.47. The zero-order valence-corrected chi connectivity index (χ0v) is 11.8. The molecular formula is C18H14N2O2. The van der Waals surface area contributed by atoms with E-state index in [1.54, 1.807) is 24.3 Å². The molecule has 108 valence electrons. The first-order valence-electron chi connectivity index (χ1n) is 7.77. The molecule has 22 heavy (non-hydrogen) atoms. The standard InChI is InChI=1S/C18H14N2O2/c19-8-9-3-1-2-4-14(9)20-17(21)15-10-5-6-11(13-7-12(10)13)16(15)18(20)22/h1-6,10-13,15-16H,7H2/t10-,11-,12-,13+,15-,16+/m0/s1. The van der Waals surface area contributed by atoms with Crippen LogP contribution in [0.15, 0.2) is 36.4 Å². The lowest BCUT2D eigenvalue weighted by molar-refractivity contribution is -0.124. The largest absolute Gasteiger partial charge is 0.274 e. The Bertz CT molecular complexity index is 755. The summed E-state index contributed by atoms with van der Waals surface area (Å²) >= 11 is 0. The van der Waals surface area contributed by atoms with Crippen LogP contribution >= 0.6 is 0 Å². The summed E-state index contributed by atoms with van der Waals surface area (Å²) < 4.78 is 0. The van der Waals surface area contributed by atoms with Gasteiger partial charge < -0.3 is 0 Å². The van der Waals surface area contributed by atoms with Gasteiger partial charge in [0.1, 0.15) is 6.07 Å². The molecule has 2 bridgehead atoms. The number of hydrogen-bond donors (Lipinski definition) is 0. The Morgan fingerprint density at radius 3 is 2.18 bits per heavy atom. The molecule has 2 amide bonds. The van der Waals surface area contributed by atoms with Crippen molar-refractivity contribution in [3.8, 4) is 6.07 Å². The van der Waals surface area contributed by atoms with Gasteiger partial charge in [0.15, 0.2) is 0 Å². The smallest absolute Gasteiger partial charge is 0.238 e. The Balaban J connectivity index is 1.62. The van der Waals surface area contributed by atoms with Crippen molar-refractivity contribution < 1.29 is 9.59 Å². The summed E-state index contributed by atoms with van der Waals surface area (Å²) in [7, 11) is 0. The van der Waals surface area contributed by atoms with E-state index in [2.05, 4.69) is 18.2 Å². The average Bonchev–Trinajstić information content (AvgIpc) is 3.32. The van der Waals surface area contributed by atoms with E-state index >= 15 is 0 Å². The summed E-state index contributed by atoms with van der Waals surface area (Å²) in [5.74, 6) is 0.991. The van der Waals surface area contributed by atoms with E-state index in [-0.39, 0.29) is 35.5 Å². The van der Waals surface area contributed by atoms with Crippen molar-refractivity contribution in [2.24, 2.45) is 35.5 Å². The lowest BCUT2D eigenvalue weighted by Crippen LogP contribution is -2.40. The summed E-state index contributed by atoms with van der Waals surface area (Å²) in [4.78, 5) is 27.2. The number of amides is 2. The zero-order valence-electron chi connectivity index (χ0n) is 11.8. The van der Waals surface area contributed by atoms with Crippen LogP contribution in [0.1, 0.15) is 12.0 Å². The number of allylic oxidation sites excluding steroid dienone is 2. The zero-order chi connectivity index (χ0) is 15.0. The molecule has 0 spiro atoms. The van der Waals surface area contributed by atoms with Crippen LogP contribution in [-0.4, -0.2) is 11.8 Å². The van der Waals surface area contributed by atoms with Crippen LogP contribution in [-0.2, 0) is 9.59 Å². The number of rotatable bonds is 1. The fourth-order valence-electron chi connectivity index (χ4n) is 4.96. The first-order chi connectivity index (χ1) is 10.7. The van der Waals surface area contributed by atoms with Crippen LogP contribution in [0, 0.1) is 46.8 Å². The van der Waals surface area contributed by atoms with Gasteiger partial charge in [0.25, 0.3) is 0 Å². The summed E-state index contributed by atoms with van der Waals surface area (Å²) in [6.45, 7) is 0. The monoisotopic (exact) mass is 290 g/mol. The molecule has 4 nitrogen and oxygen atoms in total. The minimum Gasteiger partial charge on any atom is -0.274 e. The van der Waals surface area contributed by atoms with Crippen molar-refractivity contribution in [1.29, 1.82) is 5.26 Å². The van der Waals surface area contributed by atoms with E-state index in [0.717, 1.165) is 6.42 Å². The average molecular weight is 290 g/mol. The lowest BCUT2D eigenvalue weighted by atomic mass is 9.63. The maximum atomic E-state index is 12.9. The minimum absolute atomic E-state index is 0.109. The van der Waals surface area contributed by atoms with E-state index in [1.165, 1.54) is 4.90 Å². The summed E-state index contributed by atoms with van der Waals surface area (Å²) in [5, 5.41) is 9.26. The summed E-state index contributed by atoms with van der Waals surface area (Å²) in [5.41, 5.74) is 0.829. The van der Waals surface area contributed by atoms with Gasteiger partial charge >= 0.3 is 0 Å². The molecule has 1 aromatic carbocycles. The van der Waals surface area contributed by atoms with E-state index in [4.69, 9.17) is 0 Å². The highest BCUT2D eigenvalue weighted by Gasteiger charge is 2.67. The van der Waals surface area contributed by atoms with Crippen molar-refractivity contribution in [3.05, 3.63) is 42.0 Å². The minimum atomic E-state index is -0.210. The number of hydrogen-bond acceptors (Lipinski definition) is 3. The van der Waals surface area contributed by atoms with E-state index in [1.807, 2.05) is 0 Å². The Morgan fingerprint density at radius 1 is 1.00 bits per heavy atom. The molecule has 2 saturated carbocycles. The van der Waals surface area contributed by atoms with Gasteiger partial charge in [0.2, 0.25) is 11.8 Å². The van der Waals surface area contributed by atoms with Crippen molar-refractivity contribution in [2.75, 3.05) is 4.90 Å². The van der Waals surface area contributed by atoms with E-state index in [9.17, 15) is 14.9 Å². The fraction of sp³-hybridized carbons (Fsp3) is 0.389. The van der Waals surface area contributed by atoms with Gasteiger partial charge in [-0.3, -0.25) is 9.59 Å². The predicted octanol–water partition coefficient (Wildman–Crippen LogP) is 2.12. The molecule has 0 aromatic heterocycles. The Morgan fingerprint density at radius 2 is 1.59 bits per heavy atom. The molecule has 4 aliphatic carbocycles. The van der Waals surface area contributed by atoms with Crippen LogP contribution < -0.4 is 4.90 Å². The van der Waals surface area contributed by atoms with Crippen molar-refractivity contribution >= 4 is 17.5 Å². The first kappa shape index (κ1) is 12.2. The Kier molecular flexibility index (Phi) is 2.14. The molecule has 0 radical (unpaired) electrons. The molecule has 1 aliphatic heterocycles. The predicted molar refractivity (Wildman–Crippen MR) is 78.3 cm³/mol. The van der Waals surface area contributed by atoms with Gasteiger partial charge in [-0.25, -0.2) is 4.90 Å². The maximum absolute atomic E-state index is 12.9. The number of anilines is 1. The first-order valence-corrected chi connectivity index (χ1v) is 7.77. The van der Waals surface area contributed by atoms with E-state index < -0.39 is 0 Å². The number of carbonyl (C=O) groups excluding carboxylic acids is 2. The number of nitrogens with zero attached hydrogens (tertiary/aromatic N) is 2. The van der Waals surface area contributed by atoms with Gasteiger partial charge in [-0.15, -0.1) is 0 Å². The second kappa shape index (κ2) is 3.86. The number of benzene rings is 1. The fourth-order valence-corrected chi connectivity index (χ4v) is 4.96. The maximum Gasteiger partial charge on any atom is 0.238 e. The van der Waals surface area contributed by atoms with E-state index in [0.29, 0.717) is 23.1 Å². The van der Waals surface area contributed by atoms with Gasteiger partial charge in [0.05, 0.1) is 23.1 Å². The van der Waals surface area contributed by atoms with Gasteiger partial charge in [0, 0.05) is 0 Å². The van der Waals surface area contributed by atoms with Gasteiger partial charge in [-0.1, -0.05) is 24.3 Å². The quantitative estimate of drug-likeness (QED) is 0.588. The number of nitriles is 1. The summed E-state index contributed by atoms with van der Waals surface area (Å²) in [6, 6.07) is 8.96. The highest BCUT2D eigenvalue weighted by atomic mass is 16.2. The second-order valence-corrected chi connectivity index (χ2v) is 6.80. The molecule has 4 heteroatoms. The number of imide groups is 1. The molecule has 0 N–H and O–H groups in total. The lowest BCUT2D eigenvalue weighted by Gasteiger charge is -2.37. The molecule has 3 fully saturated rings. The van der Waals surface area contributed by atoms with Crippen LogP contribution in [0.25, 0.3) is 0 Å². The Hall–Kier alpha value is -2.41. The highest BCUT2D eigenvalue weighted by molar-refractivity contribution is 6.23. The normalized spacial score (nSPS) is 40.4. The molecule has 0 unspecified atom stereocenters. The topological polar surface area (TPSA) is 61.2 Å². The molecule has 5 aliphatic rings. The van der Waals surface area contributed by atoms with Crippen LogP contribution in [0.4, 0.5) is 5.69 Å². The highest BCUT2D eigenvalue weighted by Crippen LogP contribution is 2.65. The third kappa shape index (κ3) is 1.28. The van der Waals surface area contributed by atoms with Crippen LogP contribution in [0.2, 0.25) is 0 Å². The van der Waals surface area contributed by atoms with Gasteiger partial charge in [-0.2, -0.15) is 5.26 Å². The number of carbonyl (C=O) groups is 2. The molecule has 1 heterocycles. The molecular weight excluding hydrogens is 276 g/mol.